The Morgan fingerprint density at radius 2 is 1.92 bits per heavy atom. The van der Waals surface area contributed by atoms with E-state index in [1.807, 2.05) is 16.8 Å². The molecule has 0 unspecified atom stereocenters. The Bertz CT molecular complexity index is 786. The highest BCUT2D eigenvalue weighted by atomic mass is 32.2. The molecule has 1 heterocycles. The van der Waals surface area contributed by atoms with E-state index in [2.05, 4.69) is 37.8 Å². The molecular weight excluding hydrogens is 386 g/mol. The lowest BCUT2D eigenvalue weighted by atomic mass is 10.1. The van der Waals surface area contributed by atoms with Gasteiger partial charge < -0.3 is 9.47 Å². The summed E-state index contributed by atoms with van der Waals surface area (Å²) >= 11 is 8.84. The van der Waals surface area contributed by atoms with Crippen LogP contribution in [-0.2, 0) is 13.2 Å². The maximum absolute atomic E-state index is 5.48. The SMILES string of the molecule is COc1cc(C)c(CN(C)Cn2nc(SCC(C)C)sc2=S)cc1OC. The van der Waals surface area contributed by atoms with Crippen LogP contribution in [0.1, 0.15) is 25.0 Å². The molecule has 26 heavy (non-hydrogen) atoms. The molecule has 0 aliphatic carbocycles. The fourth-order valence-corrected chi connectivity index (χ4v) is 4.73. The number of aryl methyl sites for hydroxylation is 1. The van der Waals surface area contributed by atoms with Gasteiger partial charge in [-0.15, -0.1) is 0 Å². The number of hydrogen-bond acceptors (Lipinski definition) is 7. The Labute approximate surface area is 169 Å². The van der Waals surface area contributed by atoms with Gasteiger partial charge in [0.1, 0.15) is 0 Å². The Balaban J connectivity index is 2.07. The van der Waals surface area contributed by atoms with Crippen molar-refractivity contribution in [2.24, 2.45) is 5.92 Å². The Hall–Kier alpha value is -1.09. The van der Waals surface area contributed by atoms with Gasteiger partial charge in [0.25, 0.3) is 0 Å². The predicted octanol–water partition coefficient (Wildman–Crippen LogP) is 4.84. The average Bonchev–Trinajstić information content (AvgIpc) is 2.94. The van der Waals surface area contributed by atoms with Crippen LogP contribution in [0.25, 0.3) is 0 Å². The van der Waals surface area contributed by atoms with Gasteiger partial charge in [0, 0.05) is 12.3 Å². The topological polar surface area (TPSA) is 39.5 Å². The number of hydrogen-bond donors (Lipinski definition) is 0. The van der Waals surface area contributed by atoms with Gasteiger partial charge in [0.2, 0.25) is 0 Å². The maximum Gasteiger partial charge on any atom is 0.181 e. The molecule has 0 fully saturated rings. The molecule has 0 bridgehead atoms. The van der Waals surface area contributed by atoms with Crippen LogP contribution in [-0.4, -0.2) is 41.7 Å². The monoisotopic (exact) mass is 413 g/mol. The summed E-state index contributed by atoms with van der Waals surface area (Å²) in [6.07, 6.45) is 0. The van der Waals surface area contributed by atoms with E-state index in [-0.39, 0.29) is 0 Å². The van der Waals surface area contributed by atoms with Crippen LogP contribution in [0.15, 0.2) is 16.5 Å². The van der Waals surface area contributed by atoms with Crippen LogP contribution in [0.5, 0.6) is 11.5 Å². The van der Waals surface area contributed by atoms with Gasteiger partial charge in [-0.25, -0.2) is 4.68 Å². The van der Waals surface area contributed by atoms with E-state index in [4.69, 9.17) is 21.7 Å². The fraction of sp³-hybridized carbons (Fsp3) is 0.556. The van der Waals surface area contributed by atoms with Gasteiger partial charge in [0.05, 0.1) is 20.9 Å². The number of thioether (sulfide) groups is 1. The van der Waals surface area contributed by atoms with E-state index in [1.165, 1.54) is 11.1 Å². The smallest absolute Gasteiger partial charge is 0.181 e. The number of ether oxygens (including phenoxy) is 2. The van der Waals surface area contributed by atoms with Crippen molar-refractivity contribution < 1.29 is 9.47 Å². The predicted molar refractivity (Wildman–Crippen MR) is 112 cm³/mol. The first-order valence-corrected chi connectivity index (χ1v) is 10.7. The molecule has 0 spiro atoms. The highest BCUT2D eigenvalue weighted by molar-refractivity contribution is 8.01. The van der Waals surface area contributed by atoms with Crippen molar-refractivity contribution in [2.45, 2.75) is 38.3 Å². The van der Waals surface area contributed by atoms with Crippen LogP contribution in [0.4, 0.5) is 0 Å². The molecule has 8 heteroatoms. The summed E-state index contributed by atoms with van der Waals surface area (Å²) in [7, 11) is 5.38. The van der Waals surface area contributed by atoms with Crippen molar-refractivity contribution in [3.63, 3.8) is 0 Å². The Kier molecular flexibility index (Phi) is 7.94. The van der Waals surface area contributed by atoms with E-state index in [0.29, 0.717) is 12.6 Å². The Morgan fingerprint density at radius 1 is 1.27 bits per heavy atom. The van der Waals surface area contributed by atoms with E-state index in [0.717, 1.165) is 32.1 Å². The third-order valence-electron chi connectivity index (χ3n) is 3.79. The molecule has 1 aromatic carbocycles. The van der Waals surface area contributed by atoms with Gasteiger partial charge in [-0.2, -0.15) is 5.10 Å². The first-order valence-electron chi connectivity index (χ1n) is 8.44. The third kappa shape index (κ3) is 5.70. The summed E-state index contributed by atoms with van der Waals surface area (Å²) in [6, 6.07) is 4.05. The molecular formula is C18H27N3O2S3. The van der Waals surface area contributed by atoms with Crippen molar-refractivity contribution in [3.05, 3.63) is 27.2 Å². The molecule has 0 amide bonds. The number of rotatable bonds is 9. The molecule has 1 aromatic heterocycles. The second-order valence-corrected chi connectivity index (χ2v) is 9.52. The average molecular weight is 414 g/mol. The van der Waals surface area contributed by atoms with Crippen molar-refractivity contribution in [2.75, 3.05) is 27.0 Å². The second kappa shape index (κ2) is 9.73. The lowest BCUT2D eigenvalue weighted by Crippen LogP contribution is -2.23. The zero-order valence-electron chi connectivity index (χ0n) is 16.2. The summed E-state index contributed by atoms with van der Waals surface area (Å²) in [6.45, 7) is 7.94. The summed E-state index contributed by atoms with van der Waals surface area (Å²) in [4.78, 5) is 2.20. The van der Waals surface area contributed by atoms with Crippen molar-refractivity contribution >= 4 is 35.3 Å². The largest absolute Gasteiger partial charge is 0.493 e. The lowest BCUT2D eigenvalue weighted by molar-refractivity contribution is 0.242. The minimum absolute atomic E-state index is 0.640. The summed E-state index contributed by atoms with van der Waals surface area (Å²) in [5.41, 5.74) is 2.37. The normalized spacial score (nSPS) is 11.4. The standard InChI is InChI=1S/C18H27N3O2S3/c1-12(2)10-25-17-19-21(18(24)26-17)11-20(4)9-14-8-16(23-6)15(22-5)7-13(14)3/h7-8,12H,9-11H2,1-6H3. The highest BCUT2D eigenvalue weighted by Crippen LogP contribution is 2.31. The van der Waals surface area contributed by atoms with Crippen molar-refractivity contribution in [1.29, 1.82) is 0 Å². The van der Waals surface area contributed by atoms with Gasteiger partial charge in [-0.05, 0) is 55.4 Å². The molecule has 0 radical (unpaired) electrons. The van der Waals surface area contributed by atoms with Gasteiger partial charge in [-0.1, -0.05) is 36.9 Å². The zero-order valence-corrected chi connectivity index (χ0v) is 18.7. The molecule has 0 aliphatic heterocycles. The van der Waals surface area contributed by atoms with Gasteiger partial charge in [-0.3, -0.25) is 4.90 Å². The van der Waals surface area contributed by atoms with Crippen LogP contribution in [0.3, 0.4) is 0 Å². The lowest BCUT2D eigenvalue weighted by Gasteiger charge is -2.19. The van der Waals surface area contributed by atoms with E-state index in [1.54, 1.807) is 37.3 Å². The van der Waals surface area contributed by atoms with E-state index >= 15 is 0 Å². The van der Waals surface area contributed by atoms with Crippen molar-refractivity contribution in [1.82, 2.24) is 14.7 Å². The number of benzene rings is 1. The van der Waals surface area contributed by atoms with Crippen LogP contribution < -0.4 is 9.47 Å². The van der Waals surface area contributed by atoms with Crippen LogP contribution >= 0.6 is 35.3 Å². The zero-order chi connectivity index (χ0) is 19.3. The molecule has 0 atom stereocenters. The fourth-order valence-electron chi connectivity index (χ4n) is 2.44. The molecule has 0 saturated heterocycles. The molecule has 2 rings (SSSR count). The molecule has 2 aromatic rings. The molecule has 0 aliphatic rings. The Morgan fingerprint density at radius 3 is 2.54 bits per heavy atom. The van der Waals surface area contributed by atoms with Crippen LogP contribution in [0.2, 0.25) is 0 Å². The molecule has 144 valence electrons. The minimum Gasteiger partial charge on any atom is -0.493 e. The van der Waals surface area contributed by atoms with Crippen molar-refractivity contribution in [3.8, 4) is 11.5 Å². The quantitative estimate of drug-likeness (QED) is 0.433. The minimum atomic E-state index is 0.640. The summed E-state index contributed by atoms with van der Waals surface area (Å²) in [5.74, 6) is 3.20. The van der Waals surface area contributed by atoms with Gasteiger partial charge in [0.15, 0.2) is 19.8 Å². The van der Waals surface area contributed by atoms with Crippen LogP contribution in [0, 0.1) is 16.8 Å². The first-order chi connectivity index (χ1) is 12.3. The molecule has 0 saturated carbocycles. The molecule has 5 nitrogen and oxygen atoms in total. The third-order valence-corrected chi connectivity index (χ3v) is 6.65. The highest BCUT2D eigenvalue weighted by Gasteiger charge is 2.12. The number of aromatic nitrogens is 2. The first kappa shape index (κ1) is 21.2. The van der Waals surface area contributed by atoms with E-state index < -0.39 is 0 Å². The molecule has 0 N–H and O–H groups in total. The summed E-state index contributed by atoms with van der Waals surface area (Å²) < 4.78 is 14.5. The second-order valence-electron chi connectivity index (χ2n) is 6.63. The summed E-state index contributed by atoms with van der Waals surface area (Å²) in [5, 5.41) is 4.65. The number of nitrogens with zero attached hydrogens (tertiary/aromatic N) is 3. The number of methoxy groups -OCH3 is 2. The van der Waals surface area contributed by atoms with E-state index in [9.17, 15) is 0 Å². The van der Waals surface area contributed by atoms with Gasteiger partial charge >= 0.3 is 0 Å². The maximum atomic E-state index is 5.48.